The number of nitrogens with zero attached hydrogens (tertiary/aromatic N) is 1. The van der Waals surface area contributed by atoms with Crippen molar-refractivity contribution in [2.75, 3.05) is 19.6 Å². The first-order valence-electron chi connectivity index (χ1n) is 7.37. The van der Waals surface area contributed by atoms with Gasteiger partial charge in [0.1, 0.15) is 0 Å². The average Bonchev–Trinajstić information content (AvgIpc) is 2.90. The molecule has 1 aliphatic rings. The van der Waals surface area contributed by atoms with Crippen LogP contribution in [0.4, 0.5) is 0 Å². The first-order valence-corrected chi connectivity index (χ1v) is 7.37. The van der Waals surface area contributed by atoms with E-state index in [0.29, 0.717) is 6.54 Å². The lowest BCUT2D eigenvalue weighted by atomic mass is 10.1. The quantitative estimate of drug-likeness (QED) is 0.853. The number of nitrogens with two attached hydrogens (primary N) is 1. The molecule has 3 heteroatoms. The minimum atomic E-state index is 0.157. The number of rotatable bonds is 6. The summed E-state index contributed by atoms with van der Waals surface area (Å²) in [5, 5.41) is 0. The van der Waals surface area contributed by atoms with E-state index in [2.05, 4.69) is 19.1 Å². The molecule has 0 saturated carbocycles. The molecular formula is C16H24N2O. The van der Waals surface area contributed by atoms with Crippen LogP contribution in [0.2, 0.25) is 0 Å². The monoisotopic (exact) mass is 260 g/mol. The molecule has 1 aliphatic carbocycles. The van der Waals surface area contributed by atoms with Crippen LogP contribution in [0.15, 0.2) is 18.2 Å². The van der Waals surface area contributed by atoms with Crippen LogP contribution >= 0.6 is 0 Å². The second-order valence-electron chi connectivity index (χ2n) is 5.27. The van der Waals surface area contributed by atoms with Gasteiger partial charge in [-0.3, -0.25) is 4.79 Å². The van der Waals surface area contributed by atoms with Gasteiger partial charge in [-0.25, -0.2) is 0 Å². The van der Waals surface area contributed by atoms with Crippen molar-refractivity contribution in [2.24, 2.45) is 5.73 Å². The van der Waals surface area contributed by atoms with Crippen molar-refractivity contribution in [3.63, 3.8) is 0 Å². The molecule has 2 rings (SSSR count). The van der Waals surface area contributed by atoms with Crippen LogP contribution in [0.5, 0.6) is 0 Å². The molecule has 0 aromatic heterocycles. The first kappa shape index (κ1) is 14.1. The minimum absolute atomic E-state index is 0.157. The van der Waals surface area contributed by atoms with Gasteiger partial charge in [0.05, 0.1) is 0 Å². The molecule has 0 aliphatic heterocycles. The SMILES string of the molecule is CCCN(CCCN)C(=O)c1ccc2c(c1)CCC2. The maximum atomic E-state index is 12.5. The highest BCUT2D eigenvalue weighted by molar-refractivity contribution is 5.94. The lowest BCUT2D eigenvalue weighted by molar-refractivity contribution is 0.0754. The van der Waals surface area contributed by atoms with Crippen LogP contribution in [0.3, 0.4) is 0 Å². The highest BCUT2D eigenvalue weighted by Crippen LogP contribution is 2.23. The normalized spacial score (nSPS) is 13.4. The van der Waals surface area contributed by atoms with Gasteiger partial charge in [0.25, 0.3) is 5.91 Å². The Kier molecular flexibility index (Phi) is 4.97. The Balaban J connectivity index is 2.11. The van der Waals surface area contributed by atoms with E-state index in [-0.39, 0.29) is 5.91 Å². The number of carbonyl (C=O) groups excluding carboxylic acids is 1. The molecule has 0 saturated heterocycles. The molecular weight excluding hydrogens is 236 g/mol. The predicted molar refractivity (Wildman–Crippen MR) is 78.3 cm³/mol. The van der Waals surface area contributed by atoms with Crippen LogP contribution in [-0.2, 0) is 12.8 Å². The van der Waals surface area contributed by atoms with E-state index in [0.717, 1.165) is 44.3 Å². The van der Waals surface area contributed by atoms with Crippen LogP contribution in [0, 0.1) is 0 Å². The highest BCUT2D eigenvalue weighted by atomic mass is 16.2. The molecule has 0 heterocycles. The highest BCUT2D eigenvalue weighted by Gasteiger charge is 2.17. The van der Waals surface area contributed by atoms with Crippen molar-refractivity contribution >= 4 is 5.91 Å². The minimum Gasteiger partial charge on any atom is -0.339 e. The summed E-state index contributed by atoms with van der Waals surface area (Å²) in [6, 6.07) is 6.20. The smallest absolute Gasteiger partial charge is 0.253 e. The zero-order valence-corrected chi connectivity index (χ0v) is 11.8. The molecule has 0 fully saturated rings. The Hall–Kier alpha value is -1.35. The van der Waals surface area contributed by atoms with Gasteiger partial charge in [-0.05, 0) is 61.9 Å². The third-order valence-corrected chi connectivity index (χ3v) is 3.76. The molecule has 0 radical (unpaired) electrons. The molecule has 1 aromatic rings. The number of hydrogen-bond donors (Lipinski definition) is 1. The predicted octanol–water partition coefficient (Wildman–Crippen LogP) is 2.38. The van der Waals surface area contributed by atoms with Crippen molar-refractivity contribution in [1.29, 1.82) is 0 Å². The van der Waals surface area contributed by atoms with E-state index in [4.69, 9.17) is 5.73 Å². The molecule has 0 bridgehead atoms. The molecule has 0 unspecified atom stereocenters. The van der Waals surface area contributed by atoms with Crippen molar-refractivity contribution in [1.82, 2.24) is 4.90 Å². The molecule has 0 spiro atoms. The maximum absolute atomic E-state index is 12.5. The van der Waals surface area contributed by atoms with Crippen LogP contribution in [0.1, 0.15) is 47.7 Å². The lowest BCUT2D eigenvalue weighted by Gasteiger charge is -2.22. The molecule has 0 atom stereocenters. The van der Waals surface area contributed by atoms with Crippen molar-refractivity contribution in [3.8, 4) is 0 Å². The number of benzene rings is 1. The van der Waals surface area contributed by atoms with Gasteiger partial charge >= 0.3 is 0 Å². The number of amides is 1. The van der Waals surface area contributed by atoms with Gasteiger partial charge in [-0.1, -0.05) is 13.0 Å². The summed E-state index contributed by atoms with van der Waals surface area (Å²) >= 11 is 0. The van der Waals surface area contributed by atoms with E-state index < -0.39 is 0 Å². The second-order valence-corrected chi connectivity index (χ2v) is 5.27. The second kappa shape index (κ2) is 6.71. The van der Waals surface area contributed by atoms with E-state index in [1.54, 1.807) is 0 Å². The van der Waals surface area contributed by atoms with Crippen LogP contribution in [0.25, 0.3) is 0 Å². The first-order chi connectivity index (χ1) is 9.26. The number of hydrogen-bond acceptors (Lipinski definition) is 2. The van der Waals surface area contributed by atoms with Gasteiger partial charge in [0, 0.05) is 18.7 Å². The van der Waals surface area contributed by atoms with E-state index in [1.165, 1.54) is 17.5 Å². The Morgan fingerprint density at radius 1 is 1.26 bits per heavy atom. The number of carbonyl (C=O) groups is 1. The number of aryl methyl sites for hydroxylation is 2. The molecule has 1 amide bonds. The Labute approximate surface area is 115 Å². The van der Waals surface area contributed by atoms with E-state index in [9.17, 15) is 4.79 Å². The maximum Gasteiger partial charge on any atom is 0.253 e. The number of fused-ring (bicyclic) bond motifs is 1. The van der Waals surface area contributed by atoms with Gasteiger partial charge in [-0.2, -0.15) is 0 Å². The van der Waals surface area contributed by atoms with Gasteiger partial charge in [-0.15, -0.1) is 0 Å². The summed E-state index contributed by atoms with van der Waals surface area (Å²) in [5.41, 5.74) is 9.17. The van der Waals surface area contributed by atoms with E-state index in [1.807, 2.05) is 11.0 Å². The average molecular weight is 260 g/mol. The third-order valence-electron chi connectivity index (χ3n) is 3.76. The Bertz CT molecular complexity index is 442. The van der Waals surface area contributed by atoms with Crippen LogP contribution in [-0.4, -0.2) is 30.4 Å². The summed E-state index contributed by atoms with van der Waals surface area (Å²) in [6.45, 7) is 4.32. The summed E-state index contributed by atoms with van der Waals surface area (Å²) in [6.07, 6.45) is 5.36. The lowest BCUT2D eigenvalue weighted by Crippen LogP contribution is -2.33. The Morgan fingerprint density at radius 2 is 2.05 bits per heavy atom. The van der Waals surface area contributed by atoms with Crippen LogP contribution < -0.4 is 5.73 Å². The molecule has 104 valence electrons. The molecule has 3 nitrogen and oxygen atoms in total. The molecule has 2 N–H and O–H groups in total. The standard InChI is InChI=1S/C16H24N2O/c1-2-10-18(11-4-9-17)16(19)15-8-7-13-5-3-6-14(13)12-15/h7-8,12H,2-6,9-11,17H2,1H3. The fourth-order valence-electron chi connectivity index (χ4n) is 2.75. The molecule has 19 heavy (non-hydrogen) atoms. The van der Waals surface area contributed by atoms with Gasteiger partial charge < -0.3 is 10.6 Å². The third kappa shape index (κ3) is 3.35. The fraction of sp³-hybridized carbons (Fsp3) is 0.562. The topological polar surface area (TPSA) is 46.3 Å². The Morgan fingerprint density at radius 3 is 2.79 bits per heavy atom. The summed E-state index contributed by atoms with van der Waals surface area (Å²) in [4.78, 5) is 14.5. The van der Waals surface area contributed by atoms with Crippen molar-refractivity contribution in [3.05, 3.63) is 34.9 Å². The largest absolute Gasteiger partial charge is 0.339 e. The van der Waals surface area contributed by atoms with Crippen molar-refractivity contribution < 1.29 is 4.79 Å². The zero-order chi connectivity index (χ0) is 13.7. The summed E-state index contributed by atoms with van der Waals surface area (Å²) in [5.74, 6) is 0.157. The van der Waals surface area contributed by atoms with Gasteiger partial charge in [0.15, 0.2) is 0 Å². The zero-order valence-electron chi connectivity index (χ0n) is 11.8. The van der Waals surface area contributed by atoms with E-state index >= 15 is 0 Å². The summed E-state index contributed by atoms with van der Waals surface area (Å²) < 4.78 is 0. The fourth-order valence-corrected chi connectivity index (χ4v) is 2.75. The van der Waals surface area contributed by atoms with Crippen molar-refractivity contribution in [2.45, 2.75) is 39.0 Å². The van der Waals surface area contributed by atoms with Gasteiger partial charge in [0.2, 0.25) is 0 Å². The summed E-state index contributed by atoms with van der Waals surface area (Å²) in [7, 11) is 0. The molecule has 1 aromatic carbocycles.